The number of carboxylic acids is 1. The van der Waals surface area contributed by atoms with Crippen molar-refractivity contribution >= 4 is 17.6 Å². The highest BCUT2D eigenvalue weighted by Gasteiger charge is 2.13. The van der Waals surface area contributed by atoms with Crippen molar-refractivity contribution in [3.63, 3.8) is 0 Å². The van der Waals surface area contributed by atoms with Crippen LogP contribution in [0.5, 0.6) is 0 Å². The summed E-state index contributed by atoms with van der Waals surface area (Å²) in [5.41, 5.74) is 7.34. The summed E-state index contributed by atoms with van der Waals surface area (Å²) >= 11 is 0. The van der Waals surface area contributed by atoms with Gasteiger partial charge in [-0.2, -0.15) is 0 Å². The second kappa shape index (κ2) is 7.65. The molecule has 1 amide bonds. The number of anilines is 1. The summed E-state index contributed by atoms with van der Waals surface area (Å²) in [5, 5.41) is 11.5. The Morgan fingerprint density at radius 2 is 1.90 bits per heavy atom. The van der Waals surface area contributed by atoms with Crippen LogP contribution < -0.4 is 11.1 Å². The zero-order valence-electron chi connectivity index (χ0n) is 11.9. The predicted molar refractivity (Wildman–Crippen MR) is 78.6 cm³/mol. The summed E-state index contributed by atoms with van der Waals surface area (Å²) in [6, 6.07) is 6.70. The first-order chi connectivity index (χ1) is 9.43. The lowest BCUT2D eigenvalue weighted by Gasteiger charge is -2.13. The first-order valence-corrected chi connectivity index (χ1v) is 6.82. The van der Waals surface area contributed by atoms with E-state index in [1.807, 2.05) is 26.0 Å². The van der Waals surface area contributed by atoms with Gasteiger partial charge in [-0.3, -0.25) is 9.59 Å². The molecule has 20 heavy (non-hydrogen) atoms. The molecule has 4 N–H and O–H groups in total. The average molecular weight is 278 g/mol. The van der Waals surface area contributed by atoms with Gasteiger partial charge in [0.2, 0.25) is 5.91 Å². The summed E-state index contributed by atoms with van der Waals surface area (Å²) in [6.07, 6.45) is 1.60. The maximum absolute atomic E-state index is 11.8. The SMILES string of the molecule is CCC[C@H](N)C(=O)Nc1ccc(C(C)CC(=O)O)cc1. The van der Waals surface area contributed by atoms with E-state index >= 15 is 0 Å². The molecule has 0 radical (unpaired) electrons. The number of nitrogens with one attached hydrogen (secondary N) is 1. The molecule has 2 atom stereocenters. The highest BCUT2D eigenvalue weighted by molar-refractivity contribution is 5.94. The fraction of sp³-hybridized carbons (Fsp3) is 0.467. The normalized spacial score (nSPS) is 13.6. The van der Waals surface area contributed by atoms with Crippen LogP contribution in [0.4, 0.5) is 5.69 Å². The number of amides is 1. The number of benzene rings is 1. The van der Waals surface area contributed by atoms with Gasteiger partial charge in [-0.25, -0.2) is 0 Å². The van der Waals surface area contributed by atoms with Crippen molar-refractivity contribution < 1.29 is 14.7 Å². The molecular formula is C15H22N2O3. The number of hydrogen-bond donors (Lipinski definition) is 3. The summed E-state index contributed by atoms with van der Waals surface area (Å²) in [7, 11) is 0. The molecule has 0 spiro atoms. The van der Waals surface area contributed by atoms with Crippen LogP contribution in [0.25, 0.3) is 0 Å². The standard InChI is InChI=1S/C15H22N2O3/c1-3-4-13(16)15(20)17-12-7-5-11(6-8-12)10(2)9-14(18)19/h5-8,10,13H,3-4,9,16H2,1-2H3,(H,17,20)(H,18,19)/t10?,13-/m0/s1. The molecule has 1 unspecified atom stereocenters. The summed E-state index contributed by atoms with van der Waals surface area (Å²) in [4.78, 5) is 22.4. The molecule has 0 bridgehead atoms. The lowest BCUT2D eigenvalue weighted by molar-refractivity contribution is -0.137. The topological polar surface area (TPSA) is 92.4 Å². The zero-order chi connectivity index (χ0) is 15.1. The van der Waals surface area contributed by atoms with E-state index in [2.05, 4.69) is 5.32 Å². The molecule has 1 aromatic rings. The van der Waals surface area contributed by atoms with E-state index in [0.717, 1.165) is 12.0 Å². The number of rotatable bonds is 7. The Morgan fingerprint density at radius 1 is 1.30 bits per heavy atom. The van der Waals surface area contributed by atoms with Crippen LogP contribution in [0.3, 0.4) is 0 Å². The van der Waals surface area contributed by atoms with Crippen molar-refractivity contribution in [1.29, 1.82) is 0 Å². The van der Waals surface area contributed by atoms with Crippen molar-refractivity contribution in [2.75, 3.05) is 5.32 Å². The zero-order valence-corrected chi connectivity index (χ0v) is 11.9. The predicted octanol–water partition coefficient (Wildman–Crippen LogP) is 2.33. The van der Waals surface area contributed by atoms with Gasteiger partial charge in [0.1, 0.15) is 0 Å². The molecule has 0 fully saturated rings. The number of carboxylic acid groups (broad SMARTS) is 1. The fourth-order valence-corrected chi connectivity index (χ4v) is 1.95. The van der Waals surface area contributed by atoms with Gasteiger partial charge >= 0.3 is 5.97 Å². The highest BCUT2D eigenvalue weighted by Crippen LogP contribution is 2.21. The third-order valence-electron chi connectivity index (χ3n) is 3.16. The maximum Gasteiger partial charge on any atom is 0.303 e. The molecule has 1 aromatic carbocycles. The monoisotopic (exact) mass is 278 g/mol. The van der Waals surface area contributed by atoms with Crippen molar-refractivity contribution in [2.24, 2.45) is 5.73 Å². The quantitative estimate of drug-likeness (QED) is 0.713. The Bertz CT molecular complexity index is 457. The molecule has 110 valence electrons. The minimum Gasteiger partial charge on any atom is -0.481 e. The van der Waals surface area contributed by atoms with Gasteiger partial charge in [0, 0.05) is 5.69 Å². The van der Waals surface area contributed by atoms with Crippen molar-refractivity contribution in [3.05, 3.63) is 29.8 Å². The molecule has 5 nitrogen and oxygen atoms in total. The van der Waals surface area contributed by atoms with Crippen LogP contribution in [-0.2, 0) is 9.59 Å². The third-order valence-corrected chi connectivity index (χ3v) is 3.16. The van der Waals surface area contributed by atoms with Crippen LogP contribution >= 0.6 is 0 Å². The van der Waals surface area contributed by atoms with Gasteiger partial charge in [-0.05, 0) is 30.0 Å². The summed E-state index contributed by atoms with van der Waals surface area (Å²) < 4.78 is 0. The minimum absolute atomic E-state index is 0.0559. The van der Waals surface area contributed by atoms with Crippen LogP contribution in [-0.4, -0.2) is 23.0 Å². The van der Waals surface area contributed by atoms with E-state index < -0.39 is 12.0 Å². The Hall–Kier alpha value is -1.88. The van der Waals surface area contributed by atoms with Crippen LogP contribution in [0.2, 0.25) is 0 Å². The van der Waals surface area contributed by atoms with Gasteiger partial charge in [0.15, 0.2) is 0 Å². The average Bonchev–Trinajstić information content (AvgIpc) is 2.39. The van der Waals surface area contributed by atoms with E-state index in [9.17, 15) is 9.59 Å². The van der Waals surface area contributed by atoms with Gasteiger partial charge in [-0.1, -0.05) is 32.4 Å². The third kappa shape index (κ3) is 5.01. The number of carbonyl (C=O) groups is 2. The molecule has 5 heteroatoms. The Kier molecular flexibility index (Phi) is 6.18. The molecule has 0 saturated carbocycles. The minimum atomic E-state index is -0.819. The first-order valence-electron chi connectivity index (χ1n) is 6.82. The second-order valence-corrected chi connectivity index (χ2v) is 5.01. The van der Waals surface area contributed by atoms with Crippen LogP contribution in [0.15, 0.2) is 24.3 Å². The van der Waals surface area contributed by atoms with Gasteiger partial charge in [0.05, 0.1) is 12.5 Å². The van der Waals surface area contributed by atoms with E-state index in [1.165, 1.54) is 0 Å². The summed E-state index contributed by atoms with van der Waals surface area (Å²) in [5.74, 6) is -1.07. The van der Waals surface area contributed by atoms with Crippen LogP contribution in [0.1, 0.15) is 44.6 Å². The van der Waals surface area contributed by atoms with Crippen molar-refractivity contribution in [2.45, 2.75) is 45.1 Å². The lowest BCUT2D eigenvalue weighted by atomic mass is 9.98. The smallest absolute Gasteiger partial charge is 0.303 e. The van der Waals surface area contributed by atoms with Crippen molar-refractivity contribution in [1.82, 2.24) is 0 Å². The molecule has 0 aromatic heterocycles. The van der Waals surface area contributed by atoms with E-state index in [1.54, 1.807) is 12.1 Å². The van der Waals surface area contributed by atoms with Gasteiger partial charge in [0.25, 0.3) is 0 Å². The molecule has 0 aliphatic carbocycles. The van der Waals surface area contributed by atoms with E-state index in [0.29, 0.717) is 12.1 Å². The molecule has 0 heterocycles. The Morgan fingerprint density at radius 3 is 2.40 bits per heavy atom. The Balaban J connectivity index is 2.62. The van der Waals surface area contributed by atoms with Gasteiger partial charge in [-0.15, -0.1) is 0 Å². The lowest BCUT2D eigenvalue weighted by Crippen LogP contribution is -2.35. The molecule has 0 saturated heterocycles. The molecule has 1 rings (SSSR count). The largest absolute Gasteiger partial charge is 0.481 e. The first kappa shape index (κ1) is 16.2. The maximum atomic E-state index is 11.8. The number of hydrogen-bond acceptors (Lipinski definition) is 3. The second-order valence-electron chi connectivity index (χ2n) is 5.01. The summed E-state index contributed by atoms with van der Waals surface area (Å²) in [6.45, 7) is 3.84. The molecule has 0 aliphatic rings. The number of aliphatic carboxylic acids is 1. The molecule has 0 aliphatic heterocycles. The number of nitrogens with two attached hydrogens (primary N) is 1. The molecular weight excluding hydrogens is 256 g/mol. The Labute approximate surface area is 119 Å². The van der Waals surface area contributed by atoms with E-state index in [4.69, 9.17) is 10.8 Å². The highest BCUT2D eigenvalue weighted by atomic mass is 16.4. The number of carbonyl (C=O) groups excluding carboxylic acids is 1. The fourth-order valence-electron chi connectivity index (χ4n) is 1.95. The van der Waals surface area contributed by atoms with Crippen molar-refractivity contribution in [3.8, 4) is 0 Å². The van der Waals surface area contributed by atoms with Gasteiger partial charge < -0.3 is 16.2 Å². The van der Waals surface area contributed by atoms with Crippen LogP contribution in [0, 0.1) is 0 Å². The van der Waals surface area contributed by atoms with E-state index in [-0.39, 0.29) is 18.2 Å².